The van der Waals surface area contributed by atoms with Crippen LogP contribution in [0.5, 0.6) is 17.2 Å². The van der Waals surface area contributed by atoms with E-state index in [0.717, 1.165) is 48.0 Å². The van der Waals surface area contributed by atoms with E-state index in [9.17, 15) is 9.59 Å². The van der Waals surface area contributed by atoms with Gasteiger partial charge < -0.3 is 14.3 Å². The first-order valence-corrected chi connectivity index (χ1v) is 13.2. The molecule has 8 nitrogen and oxygen atoms in total. The summed E-state index contributed by atoms with van der Waals surface area (Å²) in [6, 6.07) is 20.2. The number of ether oxygens (including phenoxy) is 2. The number of para-hydroxylation sites is 1. The lowest BCUT2D eigenvalue weighted by Crippen LogP contribution is -2.29. The Morgan fingerprint density at radius 1 is 0.947 bits per heavy atom. The van der Waals surface area contributed by atoms with E-state index >= 15 is 0 Å². The molecule has 0 saturated heterocycles. The third-order valence-corrected chi connectivity index (χ3v) is 7.07. The maximum Gasteiger partial charge on any atom is 0.329 e. The van der Waals surface area contributed by atoms with Gasteiger partial charge in [0.05, 0.1) is 31.3 Å². The highest BCUT2D eigenvalue weighted by Gasteiger charge is 2.23. The van der Waals surface area contributed by atoms with Gasteiger partial charge in [-0.2, -0.15) is 5.48 Å². The Balaban J connectivity index is 1.45. The molecule has 0 aliphatic heterocycles. The lowest BCUT2D eigenvalue weighted by molar-refractivity contribution is 0.0759. The van der Waals surface area contributed by atoms with Crippen molar-refractivity contribution >= 4 is 16.9 Å². The minimum absolute atomic E-state index is 0.0410. The van der Waals surface area contributed by atoms with Crippen LogP contribution in [0.1, 0.15) is 61.0 Å². The van der Waals surface area contributed by atoms with E-state index in [0.29, 0.717) is 30.2 Å². The summed E-state index contributed by atoms with van der Waals surface area (Å²) < 4.78 is 15.1. The molecule has 1 heterocycles. The number of benzene rings is 3. The number of imidazole rings is 1. The van der Waals surface area contributed by atoms with Crippen LogP contribution in [-0.4, -0.2) is 28.8 Å². The summed E-state index contributed by atoms with van der Waals surface area (Å²) in [6.07, 6.45) is 5.45. The van der Waals surface area contributed by atoms with E-state index in [1.54, 1.807) is 35.9 Å². The van der Waals surface area contributed by atoms with Gasteiger partial charge >= 0.3 is 5.69 Å². The molecule has 8 heteroatoms. The number of methoxy groups -OCH3 is 1. The molecule has 1 fully saturated rings. The van der Waals surface area contributed by atoms with Crippen LogP contribution in [0.2, 0.25) is 0 Å². The summed E-state index contributed by atoms with van der Waals surface area (Å²) >= 11 is 0. The fourth-order valence-electron chi connectivity index (χ4n) is 5.20. The highest BCUT2D eigenvalue weighted by molar-refractivity contribution is 5.94. The number of amides is 1. The molecule has 5 rings (SSSR count). The monoisotopic (exact) mass is 515 g/mol. The summed E-state index contributed by atoms with van der Waals surface area (Å²) in [7, 11) is 1.56. The molecule has 1 N–H and O–H groups in total. The van der Waals surface area contributed by atoms with Crippen LogP contribution in [0, 0.1) is 0 Å². The molecule has 1 aromatic heterocycles. The van der Waals surface area contributed by atoms with E-state index in [1.807, 2.05) is 54.0 Å². The second kappa shape index (κ2) is 11.5. The molecular formula is C30H33N3O5. The van der Waals surface area contributed by atoms with Gasteiger partial charge in [-0.1, -0.05) is 43.5 Å². The summed E-state index contributed by atoms with van der Waals surface area (Å²) in [5.41, 5.74) is 5.35. The molecule has 0 atom stereocenters. The standard InChI is InChI=1S/C30H33N3O5/c1-3-37-25-16-17-26-27(19-25)33(23-10-6-4-7-11-23)30(35)32(26)20-22-15-14-21(18-28(22)36-2)29(34)31-38-24-12-8-5-9-13-24/h5,8-9,12-19,23H,3-4,6-7,10-11,20H2,1-2H3,(H,31,34). The Labute approximate surface area is 221 Å². The summed E-state index contributed by atoms with van der Waals surface area (Å²) in [4.78, 5) is 31.9. The van der Waals surface area contributed by atoms with Crippen LogP contribution < -0.4 is 25.5 Å². The van der Waals surface area contributed by atoms with Crippen molar-refractivity contribution in [3.63, 3.8) is 0 Å². The third kappa shape index (κ3) is 5.25. The van der Waals surface area contributed by atoms with Gasteiger partial charge in [0.2, 0.25) is 0 Å². The van der Waals surface area contributed by atoms with Gasteiger partial charge in [0.25, 0.3) is 5.91 Å². The number of carbonyl (C=O) groups excluding carboxylic acids is 1. The van der Waals surface area contributed by atoms with Crippen LogP contribution in [-0.2, 0) is 6.54 Å². The van der Waals surface area contributed by atoms with Gasteiger partial charge in [0.15, 0.2) is 5.75 Å². The van der Waals surface area contributed by atoms with Crippen molar-refractivity contribution in [3.8, 4) is 17.2 Å². The summed E-state index contributed by atoms with van der Waals surface area (Å²) in [5, 5.41) is 0. The van der Waals surface area contributed by atoms with Crippen LogP contribution >= 0.6 is 0 Å². The summed E-state index contributed by atoms with van der Waals surface area (Å²) in [5.74, 6) is 1.42. The minimum Gasteiger partial charge on any atom is -0.496 e. The number of fused-ring (bicyclic) bond motifs is 1. The molecule has 0 unspecified atom stereocenters. The predicted molar refractivity (Wildman–Crippen MR) is 146 cm³/mol. The molecule has 198 valence electrons. The third-order valence-electron chi connectivity index (χ3n) is 7.07. The molecule has 1 amide bonds. The van der Waals surface area contributed by atoms with E-state index in [4.69, 9.17) is 14.3 Å². The Bertz CT molecular complexity index is 1470. The fourth-order valence-corrected chi connectivity index (χ4v) is 5.20. The van der Waals surface area contributed by atoms with Crippen molar-refractivity contribution in [3.05, 3.63) is 88.3 Å². The van der Waals surface area contributed by atoms with Gasteiger partial charge in [-0.15, -0.1) is 0 Å². The van der Waals surface area contributed by atoms with Crippen molar-refractivity contribution in [2.45, 2.75) is 51.6 Å². The van der Waals surface area contributed by atoms with Crippen molar-refractivity contribution in [1.82, 2.24) is 14.6 Å². The topological polar surface area (TPSA) is 83.7 Å². The van der Waals surface area contributed by atoms with Gasteiger partial charge in [-0.05, 0) is 56.2 Å². The molecule has 1 saturated carbocycles. The zero-order chi connectivity index (χ0) is 26.5. The van der Waals surface area contributed by atoms with Crippen LogP contribution in [0.25, 0.3) is 11.0 Å². The molecule has 1 aliphatic carbocycles. The molecule has 0 bridgehead atoms. The second-order valence-corrected chi connectivity index (χ2v) is 9.49. The Hall–Kier alpha value is -4.20. The molecule has 3 aromatic carbocycles. The first-order chi connectivity index (χ1) is 18.6. The van der Waals surface area contributed by atoms with E-state index < -0.39 is 5.91 Å². The number of hydroxylamine groups is 1. The normalized spacial score (nSPS) is 13.8. The minimum atomic E-state index is -0.395. The number of nitrogens with zero attached hydrogens (tertiary/aromatic N) is 2. The average Bonchev–Trinajstić information content (AvgIpc) is 3.23. The maximum atomic E-state index is 13.8. The predicted octanol–water partition coefficient (Wildman–Crippen LogP) is 5.49. The SMILES string of the molecule is CCOc1ccc2c(c1)n(C1CCCCC1)c(=O)n2Cc1ccc(C(=O)NOc2ccccc2)cc1OC. The highest BCUT2D eigenvalue weighted by atomic mass is 16.7. The average molecular weight is 516 g/mol. The first kappa shape index (κ1) is 25.4. The first-order valence-electron chi connectivity index (χ1n) is 13.2. The lowest BCUT2D eigenvalue weighted by atomic mass is 9.95. The van der Waals surface area contributed by atoms with E-state index in [-0.39, 0.29) is 11.7 Å². The summed E-state index contributed by atoms with van der Waals surface area (Å²) in [6.45, 7) is 2.83. The van der Waals surface area contributed by atoms with Crippen molar-refractivity contribution in [1.29, 1.82) is 0 Å². The number of hydrogen-bond acceptors (Lipinski definition) is 5. The zero-order valence-electron chi connectivity index (χ0n) is 21.8. The van der Waals surface area contributed by atoms with Crippen molar-refractivity contribution < 1.29 is 19.1 Å². The molecule has 0 spiro atoms. The van der Waals surface area contributed by atoms with Crippen LogP contribution in [0.4, 0.5) is 0 Å². The smallest absolute Gasteiger partial charge is 0.329 e. The van der Waals surface area contributed by atoms with Crippen molar-refractivity contribution in [2.75, 3.05) is 13.7 Å². The van der Waals surface area contributed by atoms with Gasteiger partial charge in [0, 0.05) is 23.2 Å². The number of hydrogen-bond donors (Lipinski definition) is 1. The van der Waals surface area contributed by atoms with Crippen LogP contribution in [0.15, 0.2) is 71.5 Å². The van der Waals surface area contributed by atoms with Crippen LogP contribution in [0.3, 0.4) is 0 Å². The van der Waals surface area contributed by atoms with Crippen molar-refractivity contribution in [2.24, 2.45) is 0 Å². The number of nitrogens with one attached hydrogen (secondary N) is 1. The Morgan fingerprint density at radius 3 is 2.47 bits per heavy atom. The van der Waals surface area contributed by atoms with E-state index in [1.165, 1.54) is 6.42 Å². The largest absolute Gasteiger partial charge is 0.496 e. The molecule has 0 radical (unpaired) electrons. The second-order valence-electron chi connectivity index (χ2n) is 9.49. The molecule has 4 aromatic rings. The van der Waals surface area contributed by atoms with E-state index in [2.05, 4.69) is 5.48 Å². The maximum absolute atomic E-state index is 13.8. The zero-order valence-corrected chi connectivity index (χ0v) is 21.8. The highest BCUT2D eigenvalue weighted by Crippen LogP contribution is 2.32. The Kier molecular flexibility index (Phi) is 7.67. The number of carbonyl (C=O) groups is 1. The molecular weight excluding hydrogens is 482 g/mol. The number of aromatic nitrogens is 2. The number of rotatable bonds is 9. The quantitative estimate of drug-likeness (QED) is 0.298. The molecule has 1 aliphatic rings. The lowest BCUT2D eigenvalue weighted by Gasteiger charge is -2.23. The fraction of sp³-hybridized carbons (Fsp3) is 0.333. The van der Waals surface area contributed by atoms with Gasteiger partial charge in [-0.25, -0.2) is 4.79 Å². The molecule has 38 heavy (non-hydrogen) atoms. The Morgan fingerprint density at radius 2 is 1.74 bits per heavy atom. The van der Waals surface area contributed by atoms with Gasteiger partial charge in [0.1, 0.15) is 11.5 Å². The van der Waals surface area contributed by atoms with Gasteiger partial charge in [-0.3, -0.25) is 13.9 Å².